The lowest BCUT2D eigenvalue weighted by Crippen LogP contribution is -1.99. The number of aromatic nitrogens is 3. The molecule has 2 heterocycles. The zero-order chi connectivity index (χ0) is 14.7. The number of benzene rings is 1. The molecule has 4 nitrogen and oxygen atoms in total. The number of hydrogen-bond donors (Lipinski definition) is 1. The summed E-state index contributed by atoms with van der Waals surface area (Å²) in [6.07, 6.45) is 5.13. The van der Waals surface area contributed by atoms with E-state index in [-0.39, 0.29) is 0 Å². The maximum atomic E-state index is 5.74. The summed E-state index contributed by atoms with van der Waals surface area (Å²) in [5, 5.41) is 5.45. The van der Waals surface area contributed by atoms with E-state index in [4.69, 9.17) is 5.73 Å². The molecule has 0 saturated heterocycles. The first-order valence-corrected chi connectivity index (χ1v) is 7.95. The Kier molecular flexibility index (Phi) is 4.10. The molecule has 5 heteroatoms. The summed E-state index contributed by atoms with van der Waals surface area (Å²) >= 11 is 1.68. The van der Waals surface area contributed by atoms with Gasteiger partial charge < -0.3 is 5.73 Å². The number of nitrogen functional groups attached to an aromatic ring is 1. The maximum absolute atomic E-state index is 5.74. The largest absolute Gasteiger partial charge is 0.399 e. The first-order valence-electron chi connectivity index (χ1n) is 7.13. The molecule has 0 spiro atoms. The third-order valence-electron chi connectivity index (χ3n) is 3.27. The minimum absolute atomic E-state index is 0.780. The van der Waals surface area contributed by atoms with Crippen molar-refractivity contribution in [1.29, 1.82) is 0 Å². The van der Waals surface area contributed by atoms with Crippen molar-refractivity contribution in [3.8, 4) is 0 Å². The molecule has 108 valence electrons. The highest BCUT2D eigenvalue weighted by molar-refractivity contribution is 7.99. The van der Waals surface area contributed by atoms with Gasteiger partial charge in [-0.15, -0.1) is 0 Å². The van der Waals surface area contributed by atoms with Gasteiger partial charge in [-0.2, -0.15) is 5.10 Å². The van der Waals surface area contributed by atoms with Crippen molar-refractivity contribution in [3.63, 3.8) is 0 Å². The quantitative estimate of drug-likeness (QED) is 0.575. The molecule has 0 saturated carbocycles. The van der Waals surface area contributed by atoms with Crippen LogP contribution in [0.15, 0.2) is 52.5 Å². The van der Waals surface area contributed by atoms with Crippen molar-refractivity contribution < 1.29 is 0 Å². The second-order valence-electron chi connectivity index (χ2n) is 4.96. The van der Waals surface area contributed by atoms with Crippen LogP contribution in [-0.2, 0) is 6.42 Å². The molecule has 2 N–H and O–H groups in total. The molecule has 0 atom stereocenters. The SMILES string of the molecule is CCCCc1cc(Sc2ccc(N)cc2)n2nccc2n1. The van der Waals surface area contributed by atoms with E-state index in [1.807, 2.05) is 34.8 Å². The highest BCUT2D eigenvalue weighted by Gasteiger charge is 2.08. The van der Waals surface area contributed by atoms with Crippen molar-refractivity contribution >= 4 is 23.1 Å². The summed E-state index contributed by atoms with van der Waals surface area (Å²) in [6.45, 7) is 2.20. The van der Waals surface area contributed by atoms with Crippen LogP contribution < -0.4 is 5.73 Å². The van der Waals surface area contributed by atoms with Gasteiger partial charge in [-0.05, 0) is 43.2 Å². The van der Waals surface area contributed by atoms with Crippen LogP contribution in [-0.4, -0.2) is 14.6 Å². The lowest BCUT2D eigenvalue weighted by atomic mass is 10.2. The van der Waals surface area contributed by atoms with Crippen LogP contribution in [0.25, 0.3) is 5.65 Å². The number of anilines is 1. The molecule has 2 aromatic heterocycles. The van der Waals surface area contributed by atoms with Gasteiger partial charge in [-0.3, -0.25) is 0 Å². The van der Waals surface area contributed by atoms with Gasteiger partial charge in [-0.25, -0.2) is 9.50 Å². The fourth-order valence-corrected chi connectivity index (χ4v) is 3.08. The van der Waals surface area contributed by atoms with E-state index in [1.54, 1.807) is 18.0 Å². The molecule has 3 aromatic rings. The number of unbranched alkanes of at least 4 members (excludes halogenated alkanes) is 1. The third kappa shape index (κ3) is 3.19. The zero-order valence-corrected chi connectivity index (χ0v) is 12.8. The second kappa shape index (κ2) is 6.18. The fourth-order valence-electron chi connectivity index (χ4n) is 2.15. The van der Waals surface area contributed by atoms with E-state index >= 15 is 0 Å². The van der Waals surface area contributed by atoms with Gasteiger partial charge in [0, 0.05) is 22.3 Å². The van der Waals surface area contributed by atoms with Gasteiger partial charge in [0.1, 0.15) is 5.03 Å². The van der Waals surface area contributed by atoms with E-state index in [1.165, 1.54) is 6.42 Å². The average molecular weight is 298 g/mol. The van der Waals surface area contributed by atoms with Gasteiger partial charge in [0.15, 0.2) is 5.65 Å². The van der Waals surface area contributed by atoms with Gasteiger partial charge in [-0.1, -0.05) is 25.1 Å². The van der Waals surface area contributed by atoms with Crippen LogP contribution in [0, 0.1) is 0 Å². The van der Waals surface area contributed by atoms with E-state index in [0.717, 1.165) is 39.8 Å². The molecule has 0 aliphatic rings. The molecule has 1 aromatic carbocycles. The Bertz CT molecular complexity index is 734. The van der Waals surface area contributed by atoms with Gasteiger partial charge in [0.2, 0.25) is 0 Å². The minimum Gasteiger partial charge on any atom is -0.399 e. The van der Waals surface area contributed by atoms with Gasteiger partial charge in [0.25, 0.3) is 0 Å². The first-order chi connectivity index (χ1) is 10.3. The van der Waals surface area contributed by atoms with Crippen LogP contribution in [0.5, 0.6) is 0 Å². The van der Waals surface area contributed by atoms with Crippen LogP contribution in [0.1, 0.15) is 25.5 Å². The summed E-state index contributed by atoms with van der Waals surface area (Å²) in [5.74, 6) is 0. The standard InChI is InChI=1S/C16H18N4S/c1-2-3-4-13-11-16(20-15(19-13)9-10-18-20)21-14-7-5-12(17)6-8-14/h5-11H,2-4,17H2,1H3. The molecule has 0 amide bonds. The predicted molar refractivity (Wildman–Crippen MR) is 86.6 cm³/mol. The number of nitrogens with two attached hydrogens (primary N) is 1. The summed E-state index contributed by atoms with van der Waals surface area (Å²) in [5.41, 5.74) is 8.55. The lowest BCUT2D eigenvalue weighted by Gasteiger charge is -2.08. The third-order valence-corrected chi connectivity index (χ3v) is 4.28. The Morgan fingerprint density at radius 2 is 2.00 bits per heavy atom. The second-order valence-corrected chi connectivity index (χ2v) is 6.06. The van der Waals surface area contributed by atoms with Crippen LogP contribution in [0.4, 0.5) is 5.69 Å². The van der Waals surface area contributed by atoms with E-state index < -0.39 is 0 Å². The van der Waals surface area contributed by atoms with Crippen molar-refractivity contribution in [2.24, 2.45) is 0 Å². The van der Waals surface area contributed by atoms with Crippen molar-refractivity contribution in [1.82, 2.24) is 14.6 Å². The Labute approximate surface area is 128 Å². The number of hydrogen-bond acceptors (Lipinski definition) is 4. The van der Waals surface area contributed by atoms with Crippen molar-refractivity contribution in [2.45, 2.75) is 36.1 Å². The lowest BCUT2D eigenvalue weighted by molar-refractivity contribution is 0.756. The smallest absolute Gasteiger partial charge is 0.156 e. The van der Waals surface area contributed by atoms with Crippen LogP contribution in [0.2, 0.25) is 0 Å². The summed E-state index contributed by atoms with van der Waals surface area (Å²) in [7, 11) is 0. The zero-order valence-electron chi connectivity index (χ0n) is 12.0. The van der Waals surface area contributed by atoms with Crippen LogP contribution in [0.3, 0.4) is 0 Å². The minimum atomic E-state index is 0.780. The molecular formula is C16H18N4S. The maximum Gasteiger partial charge on any atom is 0.156 e. The molecule has 0 bridgehead atoms. The summed E-state index contributed by atoms with van der Waals surface area (Å²) < 4.78 is 1.89. The predicted octanol–water partition coefficient (Wildman–Crippen LogP) is 3.81. The highest BCUT2D eigenvalue weighted by atomic mass is 32.2. The van der Waals surface area contributed by atoms with Crippen LogP contribution >= 0.6 is 11.8 Å². The summed E-state index contributed by atoms with van der Waals surface area (Å²) in [4.78, 5) is 5.80. The molecule has 3 rings (SSSR count). The fraction of sp³-hybridized carbons (Fsp3) is 0.250. The number of fused-ring (bicyclic) bond motifs is 1. The van der Waals surface area contributed by atoms with Gasteiger partial charge in [0.05, 0.1) is 6.20 Å². The normalized spacial score (nSPS) is 11.1. The molecular weight excluding hydrogens is 280 g/mol. The Morgan fingerprint density at radius 1 is 1.19 bits per heavy atom. The molecule has 0 radical (unpaired) electrons. The van der Waals surface area contributed by atoms with E-state index in [0.29, 0.717) is 0 Å². The average Bonchev–Trinajstić information content (AvgIpc) is 2.96. The molecule has 0 fully saturated rings. The van der Waals surface area contributed by atoms with E-state index in [9.17, 15) is 0 Å². The number of aryl methyl sites for hydroxylation is 1. The Balaban J connectivity index is 1.95. The highest BCUT2D eigenvalue weighted by Crippen LogP contribution is 2.29. The Hall–Kier alpha value is -2.01. The summed E-state index contributed by atoms with van der Waals surface area (Å²) in [6, 6.07) is 12.0. The first kappa shape index (κ1) is 13.9. The van der Waals surface area contributed by atoms with Gasteiger partial charge >= 0.3 is 0 Å². The monoisotopic (exact) mass is 298 g/mol. The number of rotatable bonds is 5. The molecule has 0 unspecified atom stereocenters. The molecule has 0 aliphatic carbocycles. The molecule has 21 heavy (non-hydrogen) atoms. The number of nitrogens with zero attached hydrogens (tertiary/aromatic N) is 3. The van der Waals surface area contributed by atoms with E-state index in [2.05, 4.69) is 23.1 Å². The Morgan fingerprint density at radius 3 is 2.76 bits per heavy atom. The van der Waals surface area contributed by atoms with Crippen molar-refractivity contribution in [3.05, 3.63) is 48.3 Å². The van der Waals surface area contributed by atoms with Crippen molar-refractivity contribution in [2.75, 3.05) is 5.73 Å². The topological polar surface area (TPSA) is 56.2 Å². The molecule has 0 aliphatic heterocycles.